The van der Waals surface area contributed by atoms with E-state index in [1.807, 2.05) is 17.5 Å². The van der Waals surface area contributed by atoms with Crippen LogP contribution in [0.1, 0.15) is 31.9 Å². The zero-order valence-electron chi connectivity index (χ0n) is 13.4. The fourth-order valence-corrected chi connectivity index (χ4v) is 3.77. The molecule has 0 spiro atoms. The highest BCUT2D eigenvalue weighted by Crippen LogP contribution is 2.24. The first-order valence-corrected chi connectivity index (χ1v) is 9.06. The number of thiazole rings is 1. The average molecular weight is 333 g/mol. The lowest BCUT2D eigenvalue weighted by Crippen LogP contribution is -2.35. The molecule has 1 aliphatic heterocycles. The fourth-order valence-electron chi connectivity index (χ4n) is 2.99. The molecule has 2 N–H and O–H groups in total. The molecule has 1 amide bonds. The van der Waals surface area contributed by atoms with Crippen molar-refractivity contribution in [3.63, 3.8) is 0 Å². The van der Waals surface area contributed by atoms with Gasteiger partial charge in [-0.25, -0.2) is 4.98 Å². The Kier molecular flexibility index (Phi) is 5.46. The summed E-state index contributed by atoms with van der Waals surface area (Å²) in [5, 5.41) is 9.21. The number of furan rings is 1. The Labute approximate surface area is 140 Å². The highest BCUT2D eigenvalue weighted by atomic mass is 32.1. The minimum absolute atomic E-state index is 0.107. The van der Waals surface area contributed by atoms with E-state index in [1.165, 1.54) is 24.2 Å². The number of nitrogens with one attached hydrogen (secondary N) is 2. The highest BCUT2D eigenvalue weighted by Gasteiger charge is 2.22. The number of hydrogen-bond donors (Lipinski definition) is 2. The van der Waals surface area contributed by atoms with Gasteiger partial charge in [0.25, 0.3) is 0 Å². The summed E-state index contributed by atoms with van der Waals surface area (Å²) in [4.78, 5) is 16.6. The van der Waals surface area contributed by atoms with Crippen LogP contribution in [0.5, 0.6) is 0 Å². The Bertz CT molecular complexity index is 618. The van der Waals surface area contributed by atoms with Crippen molar-refractivity contribution in [1.82, 2.24) is 15.6 Å². The van der Waals surface area contributed by atoms with Gasteiger partial charge < -0.3 is 15.1 Å². The van der Waals surface area contributed by atoms with Crippen LogP contribution in [0.25, 0.3) is 10.8 Å². The smallest absolute Gasteiger partial charge is 0.220 e. The van der Waals surface area contributed by atoms with E-state index in [4.69, 9.17) is 4.42 Å². The van der Waals surface area contributed by atoms with Gasteiger partial charge in [0.15, 0.2) is 10.8 Å². The van der Waals surface area contributed by atoms with Crippen LogP contribution in [0.3, 0.4) is 0 Å². The quantitative estimate of drug-likeness (QED) is 0.853. The van der Waals surface area contributed by atoms with Gasteiger partial charge in [-0.15, -0.1) is 11.3 Å². The molecule has 2 unspecified atom stereocenters. The minimum atomic E-state index is 0.107. The van der Waals surface area contributed by atoms with Crippen molar-refractivity contribution < 1.29 is 9.21 Å². The second-order valence-corrected chi connectivity index (χ2v) is 7.04. The van der Waals surface area contributed by atoms with E-state index < -0.39 is 0 Å². The summed E-state index contributed by atoms with van der Waals surface area (Å²) in [6.45, 7) is 4.80. The van der Waals surface area contributed by atoms with E-state index in [1.54, 1.807) is 6.26 Å². The zero-order valence-corrected chi connectivity index (χ0v) is 14.2. The molecule has 1 saturated heterocycles. The standard InChI is InChI=1S/C17H23N3O2S/c1-12(13-4-2-6-18-9-13)8-16(21)19-10-14-11-23-17(20-14)15-5-3-7-22-15/h3,5,7,11-13,18H,2,4,6,8-10H2,1H3,(H,19,21). The van der Waals surface area contributed by atoms with Gasteiger partial charge >= 0.3 is 0 Å². The molecule has 1 aliphatic rings. The third kappa shape index (κ3) is 4.42. The Hall–Kier alpha value is -1.66. The molecular weight excluding hydrogens is 310 g/mol. The molecule has 3 heterocycles. The molecule has 6 heteroatoms. The Morgan fingerprint density at radius 3 is 3.26 bits per heavy atom. The molecule has 2 aromatic rings. The highest BCUT2D eigenvalue weighted by molar-refractivity contribution is 7.13. The molecule has 0 aromatic carbocycles. The van der Waals surface area contributed by atoms with Crippen molar-refractivity contribution in [2.24, 2.45) is 11.8 Å². The average Bonchev–Trinajstić information content (AvgIpc) is 3.25. The molecule has 0 saturated carbocycles. The van der Waals surface area contributed by atoms with Crippen molar-refractivity contribution in [2.45, 2.75) is 32.7 Å². The first-order valence-electron chi connectivity index (χ1n) is 8.18. The van der Waals surface area contributed by atoms with E-state index in [0.29, 0.717) is 24.8 Å². The molecule has 0 bridgehead atoms. The van der Waals surface area contributed by atoms with Crippen LogP contribution in [0.15, 0.2) is 28.2 Å². The van der Waals surface area contributed by atoms with Crippen LogP contribution in [-0.4, -0.2) is 24.0 Å². The van der Waals surface area contributed by atoms with Crippen molar-refractivity contribution in [3.05, 3.63) is 29.5 Å². The number of rotatable bonds is 6. The summed E-state index contributed by atoms with van der Waals surface area (Å²) in [5.74, 6) is 1.90. The van der Waals surface area contributed by atoms with Crippen molar-refractivity contribution in [1.29, 1.82) is 0 Å². The number of amides is 1. The Morgan fingerprint density at radius 2 is 2.52 bits per heavy atom. The fraction of sp³-hybridized carbons (Fsp3) is 0.529. The van der Waals surface area contributed by atoms with Crippen LogP contribution in [-0.2, 0) is 11.3 Å². The predicted molar refractivity (Wildman–Crippen MR) is 91.0 cm³/mol. The Balaban J connectivity index is 1.45. The summed E-state index contributed by atoms with van der Waals surface area (Å²) >= 11 is 1.53. The van der Waals surface area contributed by atoms with Gasteiger partial charge in [0, 0.05) is 11.8 Å². The minimum Gasteiger partial charge on any atom is -0.462 e. The van der Waals surface area contributed by atoms with Gasteiger partial charge in [-0.05, 0) is 49.9 Å². The second-order valence-electron chi connectivity index (χ2n) is 6.19. The topological polar surface area (TPSA) is 67.2 Å². The molecule has 1 fully saturated rings. The molecule has 3 rings (SSSR count). The summed E-state index contributed by atoms with van der Waals surface area (Å²) < 4.78 is 5.33. The second kappa shape index (κ2) is 7.75. The SMILES string of the molecule is CC(CC(=O)NCc1csc(-c2ccco2)n1)C1CCCNC1. The largest absolute Gasteiger partial charge is 0.462 e. The van der Waals surface area contributed by atoms with Crippen molar-refractivity contribution >= 4 is 17.2 Å². The van der Waals surface area contributed by atoms with Gasteiger partial charge in [-0.3, -0.25) is 4.79 Å². The molecular formula is C17H23N3O2S. The molecule has 5 nitrogen and oxygen atoms in total. The molecule has 2 atom stereocenters. The number of carbonyl (C=O) groups excluding carboxylic acids is 1. The van der Waals surface area contributed by atoms with Crippen LogP contribution in [0, 0.1) is 11.8 Å². The number of nitrogens with zero attached hydrogens (tertiary/aromatic N) is 1. The number of carbonyl (C=O) groups is 1. The van der Waals surface area contributed by atoms with Crippen LogP contribution in [0.4, 0.5) is 0 Å². The van der Waals surface area contributed by atoms with E-state index >= 15 is 0 Å². The number of hydrogen-bond acceptors (Lipinski definition) is 5. The summed E-state index contributed by atoms with van der Waals surface area (Å²) in [6.07, 6.45) is 4.66. The number of aromatic nitrogens is 1. The summed E-state index contributed by atoms with van der Waals surface area (Å²) in [6, 6.07) is 3.74. The van der Waals surface area contributed by atoms with E-state index in [9.17, 15) is 4.79 Å². The van der Waals surface area contributed by atoms with Crippen LogP contribution >= 0.6 is 11.3 Å². The molecule has 0 radical (unpaired) electrons. The maximum atomic E-state index is 12.1. The van der Waals surface area contributed by atoms with E-state index in [-0.39, 0.29) is 5.91 Å². The third-order valence-corrected chi connectivity index (χ3v) is 5.30. The van der Waals surface area contributed by atoms with Crippen LogP contribution in [0.2, 0.25) is 0 Å². The van der Waals surface area contributed by atoms with Gasteiger partial charge in [-0.1, -0.05) is 6.92 Å². The predicted octanol–water partition coefficient (Wildman–Crippen LogP) is 3.05. The van der Waals surface area contributed by atoms with Gasteiger partial charge in [0.2, 0.25) is 5.91 Å². The molecule has 0 aliphatic carbocycles. The maximum Gasteiger partial charge on any atom is 0.220 e. The Morgan fingerprint density at radius 1 is 1.61 bits per heavy atom. The molecule has 23 heavy (non-hydrogen) atoms. The van der Waals surface area contributed by atoms with Gasteiger partial charge in [0.05, 0.1) is 18.5 Å². The summed E-state index contributed by atoms with van der Waals surface area (Å²) in [5.41, 5.74) is 0.877. The third-order valence-electron chi connectivity index (χ3n) is 4.40. The molecule has 124 valence electrons. The van der Waals surface area contributed by atoms with Crippen LogP contribution < -0.4 is 10.6 Å². The lowest BCUT2D eigenvalue weighted by molar-refractivity contribution is -0.122. The summed E-state index contributed by atoms with van der Waals surface area (Å²) in [7, 11) is 0. The van der Waals surface area contributed by atoms with Crippen molar-refractivity contribution in [2.75, 3.05) is 13.1 Å². The zero-order chi connectivity index (χ0) is 16.1. The maximum absolute atomic E-state index is 12.1. The lowest BCUT2D eigenvalue weighted by atomic mass is 9.85. The van der Waals surface area contributed by atoms with Gasteiger partial charge in [0.1, 0.15) is 0 Å². The normalized spacial score (nSPS) is 19.4. The lowest BCUT2D eigenvalue weighted by Gasteiger charge is -2.27. The monoisotopic (exact) mass is 333 g/mol. The van der Waals surface area contributed by atoms with Crippen molar-refractivity contribution in [3.8, 4) is 10.8 Å². The van der Waals surface area contributed by atoms with E-state index in [0.717, 1.165) is 29.6 Å². The first kappa shape index (κ1) is 16.2. The van der Waals surface area contributed by atoms with Gasteiger partial charge in [-0.2, -0.15) is 0 Å². The molecule has 2 aromatic heterocycles. The van der Waals surface area contributed by atoms with E-state index in [2.05, 4.69) is 22.5 Å². The first-order chi connectivity index (χ1) is 11.2. The number of piperidine rings is 1.